The normalized spacial score (nSPS) is 15.3. The van der Waals surface area contributed by atoms with Gasteiger partial charge in [-0.05, 0) is 62.7 Å². The molecule has 31 heavy (non-hydrogen) atoms. The van der Waals surface area contributed by atoms with Gasteiger partial charge in [-0.15, -0.1) is 0 Å². The van der Waals surface area contributed by atoms with Crippen LogP contribution < -0.4 is 10.1 Å². The molecular weight excluding hydrogens is 410 g/mol. The second-order valence-electron chi connectivity index (χ2n) is 8.24. The Balaban J connectivity index is 1.31. The van der Waals surface area contributed by atoms with Crippen molar-refractivity contribution in [2.45, 2.75) is 32.9 Å². The zero-order valence-corrected chi connectivity index (χ0v) is 19.0. The number of rotatable bonds is 7. The van der Waals surface area contributed by atoms with Crippen LogP contribution in [0.25, 0.3) is 10.9 Å². The van der Waals surface area contributed by atoms with E-state index in [-0.39, 0.29) is 11.8 Å². The first-order valence-corrected chi connectivity index (χ1v) is 11.4. The van der Waals surface area contributed by atoms with Gasteiger partial charge in [-0.3, -0.25) is 9.69 Å². The molecule has 1 amide bonds. The Morgan fingerprint density at radius 1 is 1.16 bits per heavy atom. The van der Waals surface area contributed by atoms with Gasteiger partial charge in [0.1, 0.15) is 5.75 Å². The second-order valence-corrected chi connectivity index (χ2v) is 8.67. The van der Waals surface area contributed by atoms with E-state index in [9.17, 15) is 4.79 Å². The van der Waals surface area contributed by atoms with Gasteiger partial charge in [-0.25, -0.2) is 0 Å². The molecule has 2 aromatic carbocycles. The number of nitrogens with zero attached hydrogens (tertiary/aromatic N) is 2. The Kier molecular flexibility index (Phi) is 6.83. The number of nitrogens with one attached hydrogen (secondary N) is 1. The third-order valence-electron chi connectivity index (χ3n) is 6.11. The fourth-order valence-corrected chi connectivity index (χ4v) is 4.61. The number of aryl methyl sites for hydroxylation is 1. The summed E-state index contributed by atoms with van der Waals surface area (Å²) in [5.41, 5.74) is 3.50. The third-order valence-corrected chi connectivity index (χ3v) is 6.35. The lowest BCUT2D eigenvalue weighted by Gasteiger charge is -2.31. The molecule has 1 aliphatic heterocycles. The maximum atomic E-state index is 12.7. The van der Waals surface area contributed by atoms with Crippen LogP contribution in [0, 0.1) is 5.92 Å². The summed E-state index contributed by atoms with van der Waals surface area (Å²) >= 11 is 6.22. The maximum Gasteiger partial charge on any atom is 0.223 e. The van der Waals surface area contributed by atoms with Crippen molar-refractivity contribution >= 4 is 28.4 Å². The van der Waals surface area contributed by atoms with Crippen LogP contribution in [0.4, 0.5) is 0 Å². The van der Waals surface area contributed by atoms with E-state index in [1.165, 1.54) is 16.5 Å². The van der Waals surface area contributed by atoms with Crippen LogP contribution in [0.15, 0.2) is 48.7 Å². The Bertz CT molecular complexity index is 1050. The van der Waals surface area contributed by atoms with Crippen LogP contribution in [0.5, 0.6) is 5.75 Å². The van der Waals surface area contributed by atoms with E-state index in [1.807, 2.05) is 43.3 Å². The molecule has 1 saturated heterocycles. The van der Waals surface area contributed by atoms with Gasteiger partial charge in [0, 0.05) is 53.7 Å². The molecule has 5 nitrogen and oxygen atoms in total. The summed E-state index contributed by atoms with van der Waals surface area (Å²) in [6.07, 6.45) is 3.95. The summed E-state index contributed by atoms with van der Waals surface area (Å²) in [7, 11) is 2.07. The predicted octanol–water partition coefficient (Wildman–Crippen LogP) is 4.76. The SMILES string of the molecule is CCOc1ccccc1CNC(=O)C1CCN(Cc2cn(C)c3ccc(Cl)cc23)CC1. The minimum atomic E-state index is 0.0671. The number of amides is 1. The molecule has 1 aromatic heterocycles. The second kappa shape index (κ2) is 9.75. The van der Waals surface area contributed by atoms with E-state index in [1.54, 1.807) is 0 Å². The standard InChI is InChI=1S/C25H30ClN3O2/c1-3-31-24-7-5-4-6-19(24)15-27-25(30)18-10-12-29(13-11-18)17-20-16-28(2)23-9-8-21(26)14-22(20)23/h4-9,14,16,18H,3,10-13,15,17H2,1-2H3,(H,27,30). The zero-order chi connectivity index (χ0) is 21.8. The van der Waals surface area contributed by atoms with E-state index >= 15 is 0 Å². The number of aromatic nitrogens is 1. The van der Waals surface area contributed by atoms with Gasteiger partial charge in [-0.2, -0.15) is 0 Å². The first-order chi connectivity index (χ1) is 15.0. The van der Waals surface area contributed by atoms with Crippen molar-refractivity contribution in [1.82, 2.24) is 14.8 Å². The molecule has 0 aliphatic carbocycles. The monoisotopic (exact) mass is 439 g/mol. The molecule has 0 unspecified atom stereocenters. The van der Waals surface area contributed by atoms with Crippen LogP contribution in [0.3, 0.4) is 0 Å². The van der Waals surface area contributed by atoms with Crippen LogP contribution >= 0.6 is 11.6 Å². The van der Waals surface area contributed by atoms with Crippen LogP contribution in [-0.2, 0) is 24.9 Å². The number of benzene rings is 2. The van der Waals surface area contributed by atoms with Gasteiger partial charge < -0.3 is 14.6 Å². The molecule has 2 heterocycles. The lowest BCUT2D eigenvalue weighted by atomic mass is 9.95. The molecule has 0 radical (unpaired) electrons. The fourth-order valence-electron chi connectivity index (χ4n) is 4.44. The highest BCUT2D eigenvalue weighted by molar-refractivity contribution is 6.31. The molecule has 1 fully saturated rings. The number of carbonyl (C=O) groups excluding carboxylic acids is 1. The maximum absolute atomic E-state index is 12.7. The van der Waals surface area contributed by atoms with Crippen molar-refractivity contribution in [2.24, 2.45) is 13.0 Å². The molecule has 0 atom stereocenters. The lowest BCUT2D eigenvalue weighted by molar-refractivity contribution is -0.126. The highest BCUT2D eigenvalue weighted by Gasteiger charge is 2.25. The molecule has 0 bridgehead atoms. The van der Waals surface area contributed by atoms with Crippen molar-refractivity contribution in [3.63, 3.8) is 0 Å². The largest absolute Gasteiger partial charge is 0.494 e. The molecule has 0 saturated carbocycles. The molecule has 1 N–H and O–H groups in total. The van der Waals surface area contributed by atoms with Crippen molar-refractivity contribution in [3.05, 3.63) is 64.8 Å². The van der Waals surface area contributed by atoms with Gasteiger partial charge >= 0.3 is 0 Å². The molecule has 0 spiro atoms. The topological polar surface area (TPSA) is 46.5 Å². The van der Waals surface area contributed by atoms with Crippen LogP contribution in [-0.4, -0.2) is 35.1 Å². The highest BCUT2D eigenvalue weighted by atomic mass is 35.5. The Labute approximate surface area is 188 Å². The van der Waals surface area contributed by atoms with E-state index < -0.39 is 0 Å². The average Bonchev–Trinajstić information content (AvgIpc) is 3.08. The molecular formula is C25H30ClN3O2. The number of para-hydroxylation sites is 1. The quantitative estimate of drug-likeness (QED) is 0.577. The smallest absolute Gasteiger partial charge is 0.223 e. The van der Waals surface area contributed by atoms with Crippen molar-refractivity contribution in [1.29, 1.82) is 0 Å². The van der Waals surface area contributed by atoms with E-state index in [2.05, 4.69) is 34.1 Å². The molecule has 1 aliphatic rings. The number of fused-ring (bicyclic) bond motifs is 1. The van der Waals surface area contributed by atoms with Gasteiger partial charge in [0.25, 0.3) is 0 Å². The molecule has 3 aromatic rings. The van der Waals surface area contributed by atoms with Gasteiger partial charge in [0.15, 0.2) is 0 Å². The average molecular weight is 440 g/mol. The fraction of sp³-hybridized carbons (Fsp3) is 0.400. The number of likely N-dealkylation sites (tertiary alicyclic amines) is 1. The Morgan fingerprint density at radius 3 is 2.71 bits per heavy atom. The van der Waals surface area contributed by atoms with Crippen LogP contribution in [0.2, 0.25) is 5.02 Å². The van der Waals surface area contributed by atoms with Crippen molar-refractivity contribution < 1.29 is 9.53 Å². The first kappa shape index (κ1) is 21.7. The van der Waals surface area contributed by atoms with Crippen molar-refractivity contribution in [3.8, 4) is 5.75 Å². The van der Waals surface area contributed by atoms with E-state index in [4.69, 9.17) is 16.3 Å². The summed E-state index contributed by atoms with van der Waals surface area (Å²) in [5, 5.41) is 5.09. The first-order valence-electron chi connectivity index (χ1n) is 11.0. The Hall–Kier alpha value is -2.50. The number of halogens is 1. The summed E-state index contributed by atoms with van der Waals surface area (Å²) in [4.78, 5) is 15.2. The lowest BCUT2D eigenvalue weighted by Crippen LogP contribution is -2.40. The number of hydrogen-bond donors (Lipinski definition) is 1. The van der Waals surface area contributed by atoms with Crippen molar-refractivity contribution in [2.75, 3.05) is 19.7 Å². The molecule has 6 heteroatoms. The summed E-state index contributed by atoms with van der Waals surface area (Å²) in [6.45, 7) is 5.82. The van der Waals surface area contributed by atoms with Gasteiger partial charge in [-0.1, -0.05) is 29.8 Å². The minimum Gasteiger partial charge on any atom is -0.494 e. The Morgan fingerprint density at radius 2 is 1.94 bits per heavy atom. The van der Waals surface area contributed by atoms with Gasteiger partial charge in [0.2, 0.25) is 5.91 Å². The zero-order valence-electron chi connectivity index (χ0n) is 18.2. The van der Waals surface area contributed by atoms with E-state index in [0.717, 1.165) is 48.8 Å². The van der Waals surface area contributed by atoms with E-state index in [0.29, 0.717) is 13.2 Å². The third kappa shape index (κ3) is 5.05. The highest BCUT2D eigenvalue weighted by Crippen LogP contribution is 2.27. The summed E-state index contributed by atoms with van der Waals surface area (Å²) in [5.74, 6) is 1.05. The summed E-state index contributed by atoms with van der Waals surface area (Å²) in [6, 6.07) is 13.9. The summed E-state index contributed by atoms with van der Waals surface area (Å²) < 4.78 is 7.81. The predicted molar refractivity (Wildman–Crippen MR) is 125 cm³/mol. The number of piperidine rings is 1. The van der Waals surface area contributed by atoms with Gasteiger partial charge in [0.05, 0.1) is 6.61 Å². The number of ether oxygens (including phenoxy) is 1. The minimum absolute atomic E-state index is 0.0671. The molecule has 164 valence electrons. The number of hydrogen-bond acceptors (Lipinski definition) is 3. The molecule has 4 rings (SSSR count). The number of carbonyl (C=O) groups is 1. The van der Waals surface area contributed by atoms with Crippen LogP contribution in [0.1, 0.15) is 30.9 Å².